The third kappa shape index (κ3) is 2.48. The highest BCUT2D eigenvalue weighted by molar-refractivity contribution is 4.97. The molecular formula is C6H12N8O8. The number of hydrogen-bond acceptors (Lipinski definition) is 13. The van der Waals surface area contributed by atoms with Crippen molar-refractivity contribution in [3.8, 4) is 0 Å². The van der Waals surface area contributed by atoms with Crippen molar-refractivity contribution in [2.45, 2.75) is 36.5 Å². The molecule has 0 saturated carbocycles. The van der Waals surface area contributed by atoms with Gasteiger partial charge in [0.15, 0.2) is 12.1 Å². The van der Waals surface area contributed by atoms with Crippen molar-refractivity contribution in [2.75, 3.05) is 0 Å². The normalized spacial score (nSPS) is 45.2. The highest BCUT2D eigenvalue weighted by Crippen LogP contribution is 2.17. The summed E-state index contributed by atoms with van der Waals surface area (Å²) in [6, 6.07) is -4.21. The molecule has 3 saturated heterocycles. The van der Waals surface area contributed by atoms with Gasteiger partial charge in [0.1, 0.15) is 12.1 Å². The van der Waals surface area contributed by atoms with E-state index in [0.717, 1.165) is 0 Å². The van der Waals surface area contributed by atoms with Crippen LogP contribution in [0, 0.1) is 25.4 Å². The first-order valence-electron chi connectivity index (χ1n) is 6.07. The van der Waals surface area contributed by atoms with Gasteiger partial charge in [-0.1, -0.05) is 0 Å². The standard InChI is InChI=1S/C6H12N8O8/c15-12(16)5-2(7-20-10-5)1-4(14(19)22-9-1)3-6(13(17)18)11-21-8-3/h1-11,14H. The van der Waals surface area contributed by atoms with E-state index in [4.69, 9.17) is 0 Å². The van der Waals surface area contributed by atoms with Gasteiger partial charge in [-0.3, -0.25) is 20.2 Å². The minimum Gasteiger partial charge on any atom is -0.598 e. The van der Waals surface area contributed by atoms with Gasteiger partial charge in [0, 0.05) is 9.85 Å². The van der Waals surface area contributed by atoms with Crippen LogP contribution in [0.5, 0.6) is 0 Å². The van der Waals surface area contributed by atoms with Crippen molar-refractivity contribution in [1.29, 1.82) is 0 Å². The van der Waals surface area contributed by atoms with Gasteiger partial charge in [-0.05, 0) is 0 Å². The van der Waals surface area contributed by atoms with Crippen LogP contribution in [0.3, 0.4) is 0 Å². The molecule has 16 heteroatoms. The van der Waals surface area contributed by atoms with E-state index in [1.807, 2.05) is 0 Å². The van der Waals surface area contributed by atoms with Gasteiger partial charge < -0.3 is 5.21 Å². The maximum Gasteiger partial charge on any atom is 0.312 e. The van der Waals surface area contributed by atoms with Crippen LogP contribution in [0.4, 0.5) is 0 Å². The molecule has 0 amide bonds. The molecule has 3 aliphatic rings. The molecule has 124 valence electrons. The summed E-state index contributed by atoms with van der Waals surface area (Å²) >= 11 is 0. The Morgan fingerprint density at radius 3 is 1.95 bits per heavy atom. The SMILES string of the molecule is O=[N+]([O-])C1NONC1C1NO[NH+]([O-])C1C1NONC1[N+](=O)[O-]. The number of nitrogens with zero attached hydrogens (tertiary/aromatic N) is 2. The van der Waals surface area contributed by atoms with E-state index >= 15 is 0 Å². The van der Waals surface area contributed by atoms with Crippen LogP contribution in [0.15, 0.2) is 0 Å². The van der Waals surface area contributed by atoms with Crippen molar-refractivity contribution in [2.24, 2.45) is 0 Å². The fraction of sp³-hybridized carbons (Fsp3) is 1.00. The van der Waals surface area contributed by atoms with Crippen LogP contribution in [0.2, 0.25) is 0 Å². The third-order valence-electron chi connectivity index (χ3n) is 3.61. The predicted molar refractivity (Wildman–Crippen MR) is 60.0 cm³/mol. The first kappa shape index (κ1) is 15.3. The van der Waals surface area contributed by atoms with Gasteiger partial charge in [-0.2, -0.15) is 16.2 Å². The topological polar surface area (TPSA) is 202 Å². The lowest BCUT2D eigenvalue weighted by Crippen LogP contribution is -3.11. The number of nitro groups is 2. The summed E-state index contributed by atoms with van der Waals surface area (Å²) in [5.74, 6) is 0. The monoisotopic (exact) mass is 324 g/mol. The lowest BCUT2D eigenvalue weighted by Gasteiger charge is -2.27. The Morgan fingerprint density at radius 2 is 1.36 bits per heavy atom. The molecule has 0 spiro atoms. The van der Waals surface area contributed by atoms with E-state index in [9.17, 15) is 25.4 Å². The Morgan fingerprint density at radius 1 is 0.818 bits per heavy atom. The Labute approximate surface area is 120 Å². The lowest BCUT2D eigenvalue weighted by molar-refractivity contribution is -1.06. The third-order valence-corrected chi connectivity index (χ3v) is 3.61. The summed E-state index contributed by atoms with van der Waals surface area (Å²) in [6.07, 6.45) is -2.80. The lowest BCUT2D eigenvalue weighted by atomic mass is 9.93. The first-order valence-corrected chi connectivity index (χ1v) is 6.07. The highest BCUT2D eigenvalue weighted by Gasteiger charge is 2.59. The zero-order valence-electron chi connectivity index (χ0n) is 10.6. The Balaban J connectivity index is 1.82. The molecular weight excluding hydrogens is 312 g/mol. The van der Waals surface area contributed by atoms with Crippen LogP contribution in [0.1, 0.15) is 0 Å². The molecule has 3 heterocycles. The van der Waals surface area contributed by atoms with Gasteiger partial charge in [-0.15, -0.1) is 21.4 Å². The number of rotatable bonds is 4. The molecule has 7 atom stereocenters. The van der Waals surface area contributed by atoms with E-state index < -0.39 is 51.6 Å². The molecule has 0 aromatic carbocycles. The largest absolute Gasteiger partial charge is 0.598 e. The summed E-state index contributed by atoms with van der Waals surface area (Å²) in [6.45, 7) is 0. The quantitative estimate of drug-likeness (QED) is 0.162. The van der Waals surface area contributed by atoms with Gasteiger partial charge >= 0.3 is 12.3 Å². The molecule has 3 aliphatic heterocycles. The smallest absolute Gasteiger partial charge is 0.312 e. The Hall–Kier alpha value is -1.60. The molecule has 0 bridgehead atoms. The van der Waals surface area contributed by atoms with Crippen molar-refractivity contribution in [3.05, 3.63) is 25.4 Å². The van der Waals surface area contributed by atoms with E-state index in [1.165, 1.54) is 0 Å². The molecule has 22 heavy (non-hydrogen) atoms. The predicted octanol–water partition coefficient (Wildman–Crippen LogP) is -5.42. The van der Waals surface area contributed by atoms with E-state index in [2.05, 4.69) is 42.2 Å². The van der Waals surface area contributed by atoms with Crippen LogP contribution < -0.4 is 32.6 Å². The molecule has 0 aliphatic carbocycles. The molecule has 6 N–H and O–H groups in total. The Bertz CT molecular complexity index is 466. The van der Waals surface area contributed by atoms with E-state index in [-0.39, 0.29) is 0 Å². The van der Waals surface area contributed by atoms with Gasteiger partial charge in [-0.25, -0.2) is 9.88 Å². The van der Waals surface area contributed by atoms with Crippen molar-refractivity contribution >= 4 is 0 Å². The second-order valence-electron chi connectivity index (χ2n) is 4.78. The molecule has 3 rings (SSSR count). The first-order chi connectivity index (χ1) is 10.5. The van der Waals surface area contributed by atoms with Crippen LogP contribution in [-0.2, 0) is 14.8 Å². The summed E-state index contributed by atoms with van der Waals surface area (Å²) in [5, 5.41) is 33.0. The van der Waals surface area contributed by atoms with Gasteiger partial charge in [0.05, 0.1) is 0 Å². The second-order valence-corrected chi connectivity index (χ2v) is 4.78. The molecule has 0 aromatic heterocycles. The molecule has 16 nitrogen and oxygen atoms in total. The van der Waals surface area contributed by atoms with Gasteiger partial charge in [0.2, 0.25) is 0 Å². The van der Waals surface area contributed by atoms with Crippen LogP contribution >= 0.6 is 0 Å². The zero-order valence-corrected chi connectivity index (χ0v) is 10.6. The molecule has 0 aromatic rings. The average molecular weight is 324 g/mol. The van der Waals surface area contributed by atoms with Gasteiger partial charge in [0.25, 0.3) is 0 Å². The minimum absolute atomic E-state index is 0.659. The fourth-order valence-electron chi connectivity index (χ4n) is 2.57. The van der Waals surface area contributed by atoms with Crippen LogP contribution in [0.25, 0.3) is 0 Å². The maximum absolute atomic E-state index is 11.9. The maximum atomic E-state index is 11.9. The molecule has 3 fully saturated rings. The average Bonchev–Trinajstić information content (AvgIpc) is 3.15. The molecule has 7 unspecified atom stereocenters. The van der Waals surface area contributed by atoms with Crippen molar-refractivity contribution in [3.63, 3.8) is 0 Å². The Kier molecular flexibility index (Phi) is 4.10. The zero-order chi connectivity index (χ0) is 15.9. The molecule has 0 radical (unpaired) electrons. The minimum atomic E-state index is -1.43. The summed E-state index contributed by atoms with van der Waals surface area (Å²) in [7, 11) is 0. The van der Waals surface area contributed by atoms with Crippen molar-refractivity contribution in [1.82, 2.24) is 27.4 Å². The summed E-state index contributed by atoms with van der Waals surface area (Å²) in [5.41, 5.74) is 11.2. The summed E-state index contributed by atoms with van der Waals surface area (Å²) < 4.78 is 0. The number of nitrogens with one attached hydrogen (secondary N) is 6. The second kappa shape index (κ2) is 5.89. The van der Waals surface area contributed by atoms with E-state index in [0.29, 0.717) is 0 Å². The number of quaternary nitrogens is 1. The number of hydroxylamine groups is 7. The van der Waals surface area contributed by atoms with Crippen molar-refractivity contribution < 1.29 is 29.9 Å². The number of hydrogen-bond donors (Lipinski definition) is 6. The fourth-order valence-corrected chi connectivity index (χ4v) is 2.57. The van der Waals surface area contributed by atoms with Crippen LogP contribution in [-0.4, -0.2) is 46.3 Å². The highest BCUT2D eigenvalue weighted by atomic mass is 17.0. The van der Waals surface area contributed by atoms with E-state index in [1.54, 1.807) is 0 Å². The summed E-state index contributed by atoms with van der Waals surface area (Å²) in [4.78, 5) is 34.5.